The number of aliphatic hydroxyl groups is 1. The van der Waals surface area contributed by atoms with Crippen molar-refractivity contribution in [2.24, 2.45) is 0 Å². The van der Waals surface area contributed by atoms with Gasteiger partial charge in [0, 0.05) is 13.6 Å². The minimum atomic E-state index is -0.477. The van der Waals surface area contributed by atoms with Crippen LogP contribution >= 0.6 is 0 Å². The number of rotatable bonds is 4. The van der Waals surface area contributed by atoms with Gasteiger partial charge in [-0.3, -0.25) is 4.79 Å². The second-order valence-electron chi connectivity index (χ2n) is 3.79. The molecule has 0 aliphatic rings. The number of likely N-dealkylation sites (N-methyl/N-ethyl adjacent to an activating group) is 1. The number of carbonyl (C=O) groups excluding carboxylic acids is 1. The number of carbonyl (C=O) groups is 1. The van der Waals surface area contributed by atoms with Gasteiger partial charge in [0.2, 0.25) is 5.91 Å². The SMILES string of the molecule is CC(O)CN(C)C(=O)Cc1ccccc1. The quantitative estimate of drug-likeness (QED) is 0.802. The average molecular weight is 207 g/mol. The van der Waals surface area contributed by atoms with E-state index in [4.69, 9.17) is 5.11 Å². The van der Waals surface area contributed by atoms with Crippen LogP contribution in [0.5, 0.6) is 0 Å². The van der Waals surface area contributed by atoms with Crippen LogP contribution in [0.25, 0.3) is 0 Å². The van der Waals surface area contributed by atoms with Gasteiger partial charge in [0.1, 0.15) is 0 Å². The molecule has 0 heterocycles. The molecule has 0 aliphatic heterocycles. The lowest BCUT2D eigenvalue weighted by Gasteiger charge is -2.18. The van der Waals surface area contributed by atoms with Crippen molar-refractivity contribution in [2.45, 2.75) is 19.4 Å². The first-order chi connectivity index (χ1) is 7.09. The van der Waals surface area contributed by atoms with Crippen LogP contribution in [0.15, 0.2) is 30.3 Å². The van der Waals surface area contributed by atoms with E-state index >= 15 is 0 Å². The molecular formula is C12H17NO2. The zero-order valence-corrected chi connectivity index (χ0v) is 9.18. The molecule has 1 unspecified atom stereocenters. The summed E-state index contributed by atoms with van der Waals surface area (Å²) in [7, 11) is 1.71. The van der Waals surface area contributed by atoms with Crippen LogP contribution in [0.3, 0.4) is 0 Å². The number of benzene rings is 1. The van der Waals surface area contributed by atoms with Crippen molar-refractivity contribution in [1.29, 1.82) is 0 Å². The minimum Gasteiger partial charge on any atom is -0.392 e. The molecule has 1 aromatic carbocycles. The molecule has 0 spiro atoms. The van der Waals surface area contributed by atoms with Crippen molar-refractivity contribution in [3.05, 3.63) is 35.9 Å². The molecule has 1 atom stereocenters. The Morgan fingerprint density at radius 1 is 1.40 bits per heavy atom. The van der Waals surface area contributed by atoms with E-state index in [1.54, 1.807) is 18.9 Å². The summed E-state index contributed by atoms with van der Waals surface area (Å²) in [5.41, 5.74) is 1.000. The molecule has 0 bridgehead atoms. The Labute approximate surface area is 90.3 Å². The van der Waals surface area contributed by atoms with Gasteiger partial charge in [-0.25, -0.2) is 0 Å². The Balaban J connectivity index is 2.49. The molecule has 1 amide bonds. The lowest BCUT2D eigenvalue weighted by molar-refractivity contribution is -0.130. The first-order valence-electron chi connectivity index (χ1n) is 5.05. The summed E-state index contributed by atoms with van der Waals surface area (Å²) < 4.78 is 0. The van der Waals surface area contributed by atoms with Gasteiger partial charge >= 0.3 is 0 Å². The minimum absolute atomic E-state index is 0.0297. The van der Waals surface area contributed by atoms with E-state index in [0.29, 0.717) is 13.0 Å². The van der Waals surface area contributed by atoms with Crippen molar-refractivity contribution in [3.63, 3.8) is 0 Å². The van der Waals surface area contributed by atoms with Crippen LogP contribution in [0.1, 0.15) is 12.5 Å². The maximum absolute atomic E-state index is 11.7. The van der Waals surface area contributed by atoms with Crippen molar-refractivity contribution in [1.82, 2.24) is 4.90 Å². The van der Waals surface area contributed by atoms with Crippen molar-refractivity contribution in [3.8, 4) is 0 Å². The summed E-state index contributed by atoms with van der Waals surface area (Å²) >= 11 is 0. The molecule has 0 saturated carbocycles. The summed E-state index contributed by atoms with van der Waals surface area (Å²) in [5, 5.41) is 9.14. The molecule has 1 N–H and O–H groups in total. The monoisotopic (exact) mass is 207 g/mol. The molecular weight excluding hydrogens is 190 g/mol. The highest BCUT2D eigenvalue weighted by Crippen LogP contribution is 2.02. The van der Waals surface area contributed by atoms with Gasteiger partial charge in [-0.15, -0.1) is 0 Å². The average Bonchev–Trinajstić information content (AvgIpc) is 2.18. The molecule has 82 valence electrons. The first kappa shape index (κ1) is 11.7. The standard InChI is InChI=1S/C12H17NO2/c1-10(14)9-13(2)12(15)8-11-6-4-3-5-7-11/h3-7,10,14H,8-9H2,1-2H3. The molecule has 15 heavy (non-hydrogen) atoms. The highest BCUT2D eigenvalue weighted by atomic mass is 16.3. The van der Waals surface area contributed by atoms with E-state index in [1.807, 2.05) is 30.3 Å². The number of nitrogens with zero attached hydrogens (tertiary/aromatic N) is 1. The maximum Gasteiger partial charge on any atom is 0.226 e. The van der Waals surface area contributed by atoms with E-state index in [-0.39, 0.29) is 5.91 Å². The Kier molecular flexibility index (Phi) is 4.31. The van der Waals surface area contributed by atoms with E-state index in [2.05, 4.69) is 0 Å². The summed E-state index contributed by atoms with van der Waals surface area (Å²) in [6, 6.07) is 9.60. The Morgan fingerprint density at radius 3 is 2.53 bits per heavy atom. The lowest BCUT2D eigenvalue weighted by atomic mass is 10.1. The third-order valence-corrected chi connectivity index (χ3v) is 2.16. The van der Waals surface area contributed by atoms with Crippen LogP contribution in [-0.4, -0.2) is 35.6 Å². The number of hydrogen-bond donors (Lipinski definition) is 1. The molecule has 0 radical (unpaired) electrons. The first-order valence-corrected chi connectivity index (χ1v) is 5.05. The highest BCUT2D eigenvalue weighted by Gasteiger charge is 2.10. The third-order valence-electron chi connectivity index (χ3n) is 2.16. The van der Waals surface area contributed by atoms with E-state index in [0.717, 1.165) is 5.56 Å². The second kappa shape index (κ2) is 5.51. The molecule has 0 aromatic heterocycles. The normalized spacial score (nSPS) is 12.2. The second-order valence-corrected chi connectivity index (χ2v) is 3.79. The third kappa shape index (κ3) is 4.13. The van der Waals surface area contributed by atoms with Crippen molar-refractivity contribution in [2.75, 3.05) is 13.6 Å². The fraction of sp³-hybridized carbons (Fsp3) is 0.417. The molecule has 3 heteroatoms. The molecule has 3 nitrogen and oxygen atoms in total. The van der Waals surface area contributed by atoms with Crippen molar-refractivity contribution >= 4 is 5.91 Å². The molecule has 0 saturated heterocycles. The van der Waals surface area contributed by atoms with E-state index in [1.165, 1.54) is 0 Å². The van der Waals surface area contributed by atoms with Crippen LogP contribution < -0.4 is 0 Å². The highest BCUT2D eigenvalue weighted by molar-refractivity contribution is 5.78. The van der Waals surface area contributed by atoms with Crippen molar-refractivity contribution < 1.29 is 9.90 Å². The van der Waals surface area contributed by atoms with E-state index in [9.17, 15) is 4.79 Å². The molecule has 1 rings (SSSR count). The molecule has 1 aromatic rings. The van der Waals surface area contributed by atoms with Gasteiger partial charge in [0.25, 0.3) is 0 Å². The van der Waals surface area contributed by atoms with Gasteiger partial charge in [-0.2, -0.15) is 0 Å². The summed E-state index contributed by atoms with van der Waals surface area (Å²) in [6.07, 6.45) is -0.0842. The summed E-state index contributed by atoms with van der Waals surface area (Å²) in [6.45, 7) is 2.05. The zero-order valence-electron chi connectivity index (χ0n) is 9.18. The van der Waals surface area contributed by atoms with E-state index < -0.39 is 6.10 Å². The summed E-state index contributed by atoms with van der Waals surface area (Å²) in [4.78, 5) is 13.2. The predicted molar refractivity (Wildman–Crippen MR) is 59.5 cm³/mol. The Bertz CT molecular complexity index is 309. The fourth-order valence-corrected chi connectivity index (χ4v) is 1.40. The Morgan fingerprint density at radius 2 is 2.00 bits per heavy atom. The number of aliphatic hydroxyl groups excluding tert-OH is 1. The van der Waals surface area contributed by atoms with Crippen LogP contribution in [0, 0.1) is 0 Å². The topological polar surface area (TPSA) is 40.5 Å². The molecule has 0 fully saturated rings. The lowest BCUT2D eigenvalue weighted by Crippen LogP contribution is -2.34. The fourth-order valence-electron chi connectivity index (χ4n) is 1.40. The van der Waals surface area contributed by atoms with Crippen LogP contribution in [0.2, 0.25) is 0 Å². The largest absolute Gasteiger partial charge is 0.392 e. The smallest absolute Gasteiger partial charge is 0.226 e. The van der Waals surface area contributed by atoms with Gasteiger partial charge < -0.3 is 10.0 Å². The zero-order chi connectivity index (χ0) is 11.3. The van der Waals surface area contributed by atoms with Gasteiger partial charge in [-0.05, 0) is 12.5 Å². The predicted octanol–water partition coefficient (Wildman–Crippen LogP) is 1.07. The van der Waals surface area contributed by atoms with Crippen LogP contribution in [0.4, 0.5) is 0 Å². The number of amides is 1. The maximum atomic E-state index is 11.7. The van der Waals surface area contributed by atoms with Crippen LogP contribution in [-0.2, 0) is 11.2 Å². The van der Waals surface area contributed by atoms with Gasteiger partial charge in [0.15, 0.2) is 0 Å². The summed E-state index contributed by atoms with van der Waals surface area (Å²) in [5.74, 6) is 0.0297. The Hall–Kier alpha value is -1.35. The van der Waals surface area contributed by atoms with Gasteiger partial charge in [0.05, 0.1) is 12.5 Å². The number of hydrogen-bond acceptors (Lipinski definition) is 2. The molecule has 0 aliphatic carbocycles. The van der Waals surface area contributed by atoms with Gasteiger partial charge in [-0.1, -0.05) is 30.3 Å².